The van der Waals surface area contributed by atoms with Gasteiger partial charge in [0.1, 0.15) is 0 Å². The number of anilines is 1. The van der Waals surface area contributed by atoms with Crippen LogP contribution in [0.15, 0.2) is 11.6 Å². The fourth-order valence-electron chi connectivity index (χ4n) is 2.24. The number of rotatable bonds is 5. The summed E-state index contributed by atoms with van der Waals surface area (Å²) in [7, 11) is 0. The summed E-state index contributed by atoms with van der Waals surface area (Å²) in [5, 5.41) is 20.7. The van der Waals surface area contributed by atoms with Crippen LogP contribution in [0.3, 0.4) is 0 Å². The van der Waals surface area contributed by atoms with Crippen molar-refractivity contribution in [2.75, 3.05) is 37.6 Å². The number of piperazine rings is 1. The predicted molar refractivity (Wildman–Crippen MR) is 74.7 cm³/mol. The van der Waals surface area contributed by atoms with Crippen molar-refractivity contribution in [1.29, 1.82) is 10.5 Å². The Bertz CT molecular complexity index is 450. The van der Waals surface area contributed by atoms with Crippen LogP contribution < -0.4 is 4.90 Å². The molecular weight excluding hydrogens is 258 g/mol. The van der Waals surface area contributed by atoms with Crippen LogP contribution >= 0.6 is 11.3 Å². The van der Waals surface area contributed by atoms with Gasteiger partial charge in [-0.2, -0.15) is 10.5 Å². The van der Waals surface area contributed by atoms with E-state index in [0.29, 0.717) is 12.8 Å². The third-order valence-electron chi connectivity index (χ3n) is 3.33. The fourth-order valence-corrected chi connectivity index (χ4v) is 2.94. The highest BCUT2D eigenvalue weighted by Crippen LogP contribution is 2.19. The molecule has 2 heterocycles. The Labute approximate surface area is 117 Å². The highest BCUT2D eigenvalue weighted by atomic mass is 32.1. The lowest BCUT2D eigenvalue weighted by Crippen LogP contribution is -2.47. The molecule has 19 heavy (non-hydrogen) atoms. The summed E-state index contributed by atoms with van der Waals surface area (Å²) in [6, 6.07) is 4.42. The topological polar surface area (TPSA) is 67.0 Å². The molecule has 100 valence electrons. The standard InChI is InChI=1S/C13H17N5S/c14-3-1-2-12(10-15)11-17-5-7-18(8-6-17)13-16-4-9-19-13/h4,9,12H,1-2,5-8,11H2/t12-/m0/s1. The van der Waals surface area contributed by atoms with Gasteiger partial charge in [-0.1, -0.05) is 0 Å². The predicted octanol–water partition coefficient (Wildman–Crippen LogP) is 1.71. The molecule has 1 aromatic heterocycles. The van der Waals surface area contributed by atoms with Crippen molar-refractivity contribution in [3.63, 3.8) is 0 Å². The molecule has 1 aromatic rings. The Hall–Kier alpha value is -1.63. The van der Waals surface area contributed by atoms with E-state index in [4.69, 9.17) is 10.5 Å². The van der Waals surface area contributed by atoms with Gasteiger partial charge < -0.3 is 4.90 Å². The lowest BCUT2D eigenvalue weighted by atomic mass is 10.0. The van der Waals surface area contributed by atoms with Gasteiger partial charge in [0.15, 0.2) is 5.13 Å². The second-order valence-electron chi connectivity index (χ2n) is 4.63. The quantitative estimate of drug-likeness (QED) is 0.818. The highest BCUT2D eigenvalue weighted by Gasteiger charge is 2.21. The summed E-state index contributed by atoms with van der Waals surface area (Å²) in [6.07, 6.45) is 2.98. The molecule has 1 atom stereocenters. The van der Waals surface area contributed by atoms with Crippen LogP contribution in [0.2, 0.25) is 0 Å². The van der Waals surface area contributed by atoms with E-state index in [1.807, 2.05) is 11.6 Å². The molecule has 0 bridgehead atoms. The van der Waals surface area contributed by atoms with Gasteiger partial charge in [-0.05, 0) is 6.42 Å². The Morgan fingerprint density at radius 3 is 2.68 bits per heavy atom. The van der Waals surface area contributed by atoms with Gasteiger partial charge in [-0.3, -0.25) is 4.90 Å². The van der Waals surface area contributed by atoms with E-state index >= 15 is 0 Å². The molecule has 2 rings (SSSR count). The third kappa shape index (κ3) is 3.92. The molecule has 0 aliphatic carbocycles. The SMILES string of the molecule is N#CCC[C@@H](C#N)CN1CCN(c2nccs2)CC1. The number of nitrogens with zero attached hydrogens (tertiary/aromatic N) is 5. The lowest BCUT2D eigenvalue weighted by molar-refractivity contribution is 0.233. The first-order valence-electron chi connectivity index (χ1n) is 6.47. The second-order valence-corrected chi connectivity index (χ2v) is 5.50. The van der Waals surface area contributed by atoms with Crippen molar-refractivity contribution in [2.24, 2.45) is 5.92 Å². The van der Waals surface area contributed by atoms with E-state index in [1.165, 1.54) is 0 Å². The molecule has 5 nitrogen and oxygen atoms in total. The molecule has 0 unspecified atom stereocenters. The Morgan fingerprint density at radius 2 is 2.11 bits per heavy atom. The fraction of sp³-hybridized carbons (Fsp3) is 0.615. The molecular formula is C13H17N5S. The molecule has 0 N–H and O–H groups in total. The van der Waals surface area contributed by atoms with Crippen molar-refractivity contribution in [2.45, 2.75) is 12.8 Å². The molecule has 1 saturated heterocycles. The summed E-state index contributed by atoms with van der Waals surface area (Å²) in [4.78, 5) is 8.92. The van der Waals surface area contributed by atoms with Crippen LogP contribution in [0, 0.1) is 28.6 Å². The van der Waals surface area contributed by atoms with E-state index in [9.17, 15) is 0 Å². The number of hydrogen-bond acceptors (Lipinski definition) is 6. The third-order valence-corrected chi connectivity index (χ3v) is 4.16. The smallest absolute Gasteiger partial charge is 0.185 e. The van der Waals surface area contributed by atoms with Crippen molar-refractivity contribution >= 4 is 16.5 Å². The van der Waals surface area contributed by atoms with Crippen LogP contribution in [0.1, 0.15) is 12.8 Å². The van der Waals surface area contributed by atoms with Crippen molar-refractivity contribution in [3.8, 4) is 12.1 Å². The van der Waals surface area contributed by atoms with E-state index in [2.05, 4.69) is 26.9 Å². The first-order valence-corrected chi connectivity index (χ1v) is 7.35. The molecule has 0 aromatic carbocycles. The minimum atomic E-state index is -0.0222. The molecule has 6 heteroatoms. The monoisotopic (exact) mass is 275 g/mol. The number of thiazole rings is 1. The largest absolute Gasteiger partial charge is 0.346 e. The summed E-state index contributed by atoms with van der Waals surface area (Å²) >= 11 is 1.67. The van der Waals surface area contributed by atoms with Crippen LogP contribution in [0.5, 0.6) is 0 Å². The molecule has 0 saturated carbocycles. The average molecular weight is 275 g/mol. The Kier molecular flexibility index (Phi) is 5.14. The van der Waals surface area contributed by atoms with Crippen molar-refractivity contribution < 1.29 is 0 Å². The summed E-state index contributed by atoms with van der Waals surface area (Å²) in [6.45, 7) is 4.63. The zero-order chi connectivity index (χ0) is 13.5. The minimum Gasteiger partial charge on any atom is -0.346 e. The van der Waals surface area contributed by atoms with Crippen molar-refractivity contribution in [1.82, 2.24) is 9.88 Å². The van der Waals surface area contributed by atoms with Crippen LogP contribution in [-0.4, -0.2) is 42.6 Å². The second kappa shape index (κ2) is 7.08. The molecule has 1 aliphatic rings. The highest BCUT2D eigenvalue weighted by molar-refractivity contribution is 7.13. The molecule has 0 radical (unpaired) electrons. The van der Waals surface area contributed by atoms with Gasteiger partial charge in [0.25, 0.3) is 0 Å². The van der Waals surface area contributed by atoms with Gasteiger partial charge in [0.2, 0.25) is 0 Å². The minimum absolute atomic E-state index is 0.0222. The summed E-state index contributed by atoms with van der Waals surface area (Å²) in [5.74, 6) is -0.0222. The maximum absolute atomic E-state index is 9.08. The first-order chi connectivity index (χ1) is 9.33. The number of hydrogen-bond donors (Lipinski definition) is 0. The molecule has 0 spiro atoms. The summed E-state index contributed by atoms with van der Waals surface area (Å²) < 4.78 is 0. The maximum Gasteiger partial charge on any atom is 0.185 e. The van der Waals surface area contributed by atoms with Crippen LogP contribution in [0.25, 0.3) is 0 Å². The van der Waals surface area contributed by atoms with Gasteiger partial charge >= 0.3 is 0 Å². The van der Waals surface area contributed by atoms with Gasteiger partial charge in [0, 0.05) is 50.7 Å². The zero-order valence-electron chi connectivity index (χ0n) is 10.8. The van der Waals surface area contributed by atoms with Crippen LogP contribution in [0.4, 0.5) is 5.13 Å². The van der Waals surface area contributed by atoms with Crippen molar-refractivity contribution in [3.05, 3.63) is 11.6 Å². The Morgan fingerprint density at radius 1 is 1.32 bits per heavy atom. The maximum atomic E-state index is 9.08. The molecule has 1 aliphatic heterocycles. The zero-order valence-corrected chi connectivity index (χ0v) is 11.6. The molecule has 0 amide bonds. The first kappa shape index (κ1) is 13.8. The van der Waals surface area contributed by atoms with E-state index < -0.39 is 0 Å². The van der Waals surface area contributed by atoms with E-state index in [0.717, 1.165) is 37.9 Å². The normalized spacial score (nSPS) is 17.7. The van der Waals surface area contributed by atoms with Gasteiger partial charge in [-0.25, -0.2) is 4.98 Å². The molecule has 1 fully saturated rings. The summed E-state index contributed by atoms with van der Waals surface area (Å²) in [5.41, 5.74) is 0. The van der Waals surface area contributed by atoms with Gasteiger partial charge in [-0.15, -0.1) is 11.3 Å². The lowest BCUT2D eigenvalue weighted by Gasteiger charge is -2.35. The van der Waals surface area contributed by atoms with Crippen LogP contribution in [-0.2, 0) is 0 Å². The van der Waals surface area contributed by atoms with E-state index in [-0.39, 0.29) is 5.92 Å². The number of aromatic nitrogens is 1. The number of nitriles is 2. The van der Waals surface area contributed by atoms with E-state index in [1.54, 1.807) is 11.3 Å². The average Bonchev–Trinajstić information content (AvgIpc) is 2.98. The van der Waals surface area contributed by atoms with Gasteiger partial charge in [0.05, 0.1) is 18.1 Å². The Balaban J connectivity index is 1.77.